The lowest BCUT2D eigenvalue weighted by Crippen LogP contribution is -2.25. The average Bonchev–Trinajstić information content (AvgIpc) is 1.94. The lowest BCUT2D eigenvalue weighted by Gasteiger charge is -2.08. The minimum Gasteiger partial charge on any atom is -0.390 e. The van der Waals surface area contributed by atoms with E-state index >= 15 is 0 Å². The number of unbranched alkanes of at least 4 members (excludes halogenated alkanes) is 1. The third-order valence-electron chi connectivity index (χ3n) is 1.36. The summed E-state index contributed by atoms with van der Waals surface area (Å²) in [4.78, 5) is 0. The van der Waals surface area contributed by atoms with Crippen molar-refractivity contribution in [2.45, 2.75) is 25.9 Å². The van der Waals surface area contributed by atoms with Gasteiger partial charge in [0.25, 0.3) is 10.1 Å². The summed E-state index contributed by atoms with van der Waals surface area (Å²) in [6.45, 7) is 2.44. The molecular formula is C7H16O5S. The summed E-state index contributed by atoms with van der Waals surface area (Å²) in [5.74, 6) is -0.668. The summed E-state index contributed by atoms with van der Waals surface area (Å²) in [7, 11) is -4.10. The highest BCUT2D eigenvalue weighted by Crippen LogP contribution is 1.94. The molecule has 13 heavy (non-hydrogen) atoms. The third kappa shape index (κ3) is 9.75. The van der Waals surface area contributed by atoms with E-state index in [1.807, 2.05) is 6.92 Å². The van der Waals surface area contributed by atoms with Gasteiger partial charge in [0.05, 0.1) is 12.7 Å². The van der Waals surface area contributed by atoms with Gasteiger partial charge >= 0.3 is 0 Å². The van der Waals surface area contributed by atoms with Crippen LogP contribution < -0.4 is 0 Å². The van der Waals surface area contributed by atoms with Crippen molar-refractivity contribution in [1.29, 1.82) is 0 Å². The molecule has 0 aromatic rings. The van der Waals surface area contributed by atoms with Crippen molar-refractivity contribution in [3.63, 3.8) is 0 Å². The van der Waals surface area contributed by atoms with Crippen molar-refractivity contribution in [3.8, 4) is 0 Å². The van der Waals surface area contributed by atoms with E-state index < -0.39 is 22.0 Å². The predicted molar refractivity (Wildman–Crippen MR) is 48.1 cm³/mol. The van der Waals surface area contributed by atoms with Crippen molar-refractivity contribution in [2.75, 3.05) is 19.0 Å². The highest BCUT2D eigenvalue weighted by Gasteiger charge is 2.13. The average molecular weight is 212 g/mol. The van der Waals surface area contributed by atoms with E-state index in [1.165, 1.54) is 0 Å². The zero-order valence-corrected chi connectivity index (χ0v) is 8.46. The molecule has 0 aromatic carbocycles. The van der Waals surface area contributed by atoms with Gasteiger partial charge in [-0.2, -0.15) is 8.42 Å². The van der Waals surface area contributed by atoms with E-state index in [1.54, 1.807) is 0 Å². The van der Waals surface area contributed by atoms with Gasteiger partial charge in [0.15, 0.2) is 0 Å². The van der Waals surface area contributed by atoms with Crippen LogP contribution in [0, 0.1) is 0 Å². The Hall–Kier alpha value is -0.170. The minimum absolute atomic E-state index is 0.0558. The molecule has 0 aromatic heterocycles. The van der Waals surface area contributed by atoms with Crippen LogP contribution in [0.1, 0.15) is 19.8 Å². The van der Waals surface area contributed by atoms with Gasteiger partial charge in [0.1, 0.15) is 5.75 Å². The zero-order valence-electron chi connectivity index (χ0n) is 7.64. The maximum Gasteiger partial charge on any atom is 0.267 e. The van der Waals surface area contributed by atoms with Crippen LogP contribution in [0.3, 0.4) is 0 Å². The Kier molecular flexibility index (Phi) is 6.23. The maximum absolute atomic E-state index is 10.3. The summed E-state index contributed by atoms with van der Waals surface area (Å²) in [6.07, 6.45) is 0.708. The molecule has 0 fully saturated rings. The van der Waals surface area contributed by atoms with Crippen LogP contribution in [0.15, 0.2) is 0 Å². The fraction of sp³-hybridized carbons (Fsp3) is 1.00. The smallest absolute Gasteiger partial charge is 0.267 e. The Morgan fingerprint density at radius 1 is 1.46 bits per heavy atom. The lowest BCUT2D eigenvalue weighted by atomic mass is 10.3. The van der Waals surface area contributed by atoms with E-state index in [0.29, 0.717) is 6.61 Å². The highest BCUT2D eigenvalue weighted by molar-refractivity contribution is 7.85. The molecule has 0 saturated heterocycles. The Morgan fingerprint density at radius 2 is 2.08 bits per heavy atom. The van der Waals surface area contributed by atoms with Crippen molar-refractivity contribution in [1.82, 2.24) is 0 Å². The van der Waals surface area contributed by atoms with Gasteiger partial charge in [0, 0.05) is 6.61 Å². The molecular weight excluding hydrogens is 196 g/mol. The fourth-order valence-corrected chi connectivity index (χ4v) is 1.34. The van der Waals surface area contributed by atoms with Gasteiger partial charge in [0.2, 0.25) is 0 Å². The predicted octanol–water partition coefficient (Wildman–Crippen LogP) is 0.0518. The van der Waals surface area contributed by atoms with Gasteiger partial charge in [-0.15, -0.1) is 0 Å². The monoisotopic (exact) mass is 212 g/mol. The third-order valence-corrected chi connectivity index (χ3v) is 2.16. The Morgan fingerprint density at radius 3 is 2.54 bits per heavy atom. The second-order valence-electron chi connectivity index (χ2n) is 2.83. The van der Waals surface area contributed by atoms with Crippen molar-refractivity contribution >= 4 is 10.1 Å². The van der Waals surface area contributed by atoms with Crippen LogP contribution in [0.2, 0.25) is 0 Å². The maximum atomic E-state index is 10.3. The first-order valence-electron chi connectivity index (χ1n) is 4.16. The summed E-state index contributed by atoms with van der Waals surface area (Å²) >= 11 is 0. The summed E-state index contributed by atoms with van der Waals surface area (Å²) in [5, 5.41) is 9.02. The molecule has 1 atom stereocenters. The number of ether oxygens (including phenoxy) is 1. The van der Waals surface area contributed by atoms with Crippen LogP contribution in [-0.2, 0) is 14.9 Å². The van der Waals surface area contributed by atoms with Crippen molar-refractivity contribution < 1.29 is 22.8 Å². The number of rotatable bonds is 7. The van der Waals surface area contributed by atoms with Gasteiger partial charge < -0.3 is 9.84 Å². The highest BCUT2D eigenvalue weighted by atomic mass is 32.2. The molecule has 0 radical (unpaired) electrons. The zero-order chi connectivity index (χ0) is 10.3. The Bertz CT molecular complexity index is 211. The molecule has 0 spiro atoms. The topological polar surface area (TPSA) is 83.8 Å². The fourth-order valence-electron chi connectivity index (χ4n) is 0.757. The molecule has 0 bridgehead atoms. The molecule has 1 unspecified atom stereocenters. The number of aliphatic hydroxyl groups is 1. The van der Waals surface area contributed by atoms with Crippen LogP contribution in [0.25, 0.3) is 0 Å². The molecule has 0 aliphatic carbocycles. The standard InChI is InChI=1S/C7H16O5S/c1-2-3-4-12-5-7(8)6-13(9,10)11/h7-8H,2-6H2,1H3,(H,9,10,11). The van der Waals surface area contributed by atoms with E-state index in [2.05, 4.69) is 0 Å². The number of hydrogen-bond donors (Lipinski definition) is 2. The van der Waals surface area contributed by atoms with Gasteiger partial charge in [-0.25, -0.2) is 0 Å². The van der Waals surface area contributed by atoms with Crippen LogP contribution in [0.4, 0.5) is 0 Å². The van der Waals surface area contributed by atoms with E-state index in [0.717, 1.165) is 12.8 Å². The molecule has 0 amide bonds. The Balaban J connectivity index is 3.47. The molecule has 0 aliphatic heterocycles. The second-order valence-corrected chi connectivity index (χ2v) is 4.33. The van der Waals surface area contributed by atoms with Gasteiger partial charge in [-0.1, -0.05) is 13.3 Å². The molecule has 0 rings (SSSR count). The quantitative estimate of drug-likeness (QED) is 0.460. The van der Waals surface area contributed by atoms with E-state index in [4.69, 9.17) is 14.4 Å². The molecule has 5 nitrogen and oxygen atoms in total. The van der Waals surface area contributed by atoms with Gasteiger partial charge in [-0.3, -0.25) is 4.55 Å². The summed E-state index contributed by atoms with van der Waals surface area (Å²) in [6, 6.07) is 0. The van der Waals surface area contributed by atoms with Crippen LogP contribution in [0.5, 0.6) is 0 Å². The first-order chi connectivity index (χ1) is 5.95. The Labute approximate surface area is 78.5 Å². The SMILES string of the molecule is CCCCOCC(O)CS(=O)(=O)O. The van der Waals surface area contributed by atoms with E-state index in [9.17, 15) is 8.42 Å². The van der Waals surface area contributed by atoms with Crippen LogP contribution >= 0.6 is 0 Å². The molecule has 2 N–H and O–H groups in total. The molecule has 0 saturated carbocycles. The van der Waals surface area contributed by atoms with E-state index in [-0.39, 0.29) is 6.61 Å². The molecule has 80 valence electrons. The number of hydrogen-bond acceptors (Lipinski definition) is 4. The first kappa shape index (κ1) is 12.8. The molecule has 0 aliphatic rings. The second kappa shape index (κ2) is 6.31. The van der Waals surface area contributed by atoms with Crippen LogP contribution in [-0.4, -0.2) is 43.1 Å². The summed E-state index contributed by atoms with van der Waals surface area (Å²) < 4.78 is 33.8. The largest absolute Gasteiger partial charge is 0.390 e. The normalized spacial score (nSPS) is 14.4. The summed E-state index contributed by atoms with van der Waals surface area (Å²) in [5.41, 5.74) is 0. The molecule has 0 heterocycles. The number of aliphatic hydroxyl groups excluding tert-OH is 1. The minimum atomic E-state index is -4.10. The van der Waals surface area contributed by atoms with Crippen molar-refractivity contribution in [3.05, 3.63) is 0 Å². The lowest BCUT2D eigenvalue weighted by molar-refractivity contribution is 0.0459. The van der Waals surface area contributed by atoms with Gasteiger partial charge in [-0.05, 0) is 6.42 Å². The first-order valence-corrected chi connectivity index (χ1v) is 5.77. The molecule has 6 heteroatoms. The van der Waals surface area contributed by atoms with Crippen molar-refractivity contribution in [2.24, 2.45) is 0 Å².